The highest BCUT2D eigenvalue weighted by atomic mass is 16.6. The van der Waals surface area contributed by atoms with E-state index in [-0.39, 0.29) is 24.6 Å². The summed E-state index contributed by atoms with van der Waals surface area (Å²) in [6.45, 7) is 3.68. The maximum absolute atomic E-state index is 12.1. The molecular formula is C18H23NO4. The molecule has 5 heteroatoms. The van der Waals surface area contributed by atoms with Crippen molar-refractivity contribution in [3.63, 3.8) is 0 Å². The number of esters is 1. The number of hydrogen-bond acceptors (Lipinski definition) is 4. The van der Waals surface area contributed by atoms with E-state index in [4.69, 9.17) is 9.47 Å². The van der Waals surface area contributed by atoms with Gasteiger partial charge in [0.05, 0.1) is 6.61 Å². The van der Waals surface area contributed by atoms with Gasteiger partial charge in [-0.05, 0) is 31.2 Å². The molecule has 1 aromatic carbocycles. The molecule has 1 heterocycles. The molecule has 2 rings (SSSR count). The van der Waals surface area contributed by atoms with Crippen LogP contribution in [-0.2, 0) is 20.9 Å². The summed E-state index contributed by atoms with van der Waals surface area (Å²) >= 11 is 0. The van der Waals surface area contributed by atoms with Gasteiger partial charge in [0, 0.05) is 19.2 Å². The average Bonchev–Trinajstić information content (AvgIpc) is 2.59. The van der Waals surface area contributed by atoms with E-state index >= 15 is 0 Å². The highest BCUT2D eigenvalue weighted by molar-refractivity contribution is 5.81. The van der Waals surface area contributed by atoms with Crippen LogP contribution in [0.25, 0.3) is 0 Å². The van der Waals surface area contributed by atoms with Gasteiger partial charge >= 0.3 is 12.1 Å². The largest absolute Gasteiger partial charge is 0.463 e. The summed E-state index contributed by atoms with van der Waals surface area (Å²) in [5.41, 5.74) is 0.969. The first-order chi connectivity index (χ1) is 11.2. The van der Waals surface area contributed by atoms with Gasteiger partial charge in [0.15, 0.2) is 0 Å². The van der Waals surface area contributed by atoms with E-state index in [0.717, 1.165) is 18.4 Å². The van der Waals surface area contributed by atoms with Gasteiger partial charge < -0.3 is 14.4 Å². The quantitative estimate of drug-likeness (QED) is 0.618. The lowest BCUT2D eigenvalue weighted by molar-refractivity contribution is -0.137. The molecule has 1 aromatic rings. The minimum atomic E-state index is -0.337. The molecular weight excluding hydrogens is 294 g/mol. The number of benzene rings is 1. The van der Waals surface area contributed by atoms with Crippen LogP contribution in [0.1, 0.15) is 25.3 Å². The summed E-state index contributed by atoms with van der Waals surface area (Å²) in [4.78, 5) is 25.2. The highest BCUT2D eigenvalue weighted by Crippen LogP contribution is 2.18. The Morgan fingerprint density at radius 2 is 2.04 bits per heavy atom. The van der Waals surface area contributed by atoms with E-state index in [2.05, 4.69) is 0 Å². The van der Waals surface area contributed by atoms with Gasteiger partial charge in [0.2, 0.25) is 0 Å². The molecule has 1 aliphatic heterocycles. The van der Waals surface area contributed by atoms with E-state index in [0.29, 0.717) is 19.7 Å². The second-order valence-electron chi connectivity index (χ2n) is 5.50. The molecule has 1 atom stereocenters. The number of carbonyl (C=O) groups is 2. The molecule has 1 aliphatic rings. The van der Waals surface area contributed by atoms with E-state index < -0.39 is 0 Å². The van der Waals surface area contributed by atoms with Crippen LogP contribution < -0.4 is 0 Å². The molecule has 0 unspecified atom stereocenters. The minimum absolute atomic E-state index is 0.164. The first-order valence-corrected chi connectivity index (χ1v) is 7.99. The summed E-state index contributed by atoms with van der Waals surface area (Å²) in [5, 5.41) is 0. The maximum atomic E-state index is 12.1. The van der Waals surface area contributed by atoms with Crippen LogP contribution in [0, 0.1) is 5.92 Å². The molecule has 1 amide bonds. The molecule has 5 nitrogen and oxygen atoms in total. The molecule has 0 radical (unpaired) electrons. The second-order valence-corrected chi connectivity index (χ2v) is 5.50. The molecule has 23 heavy (non-hydrogen) atoms. The van der Waals surface area contributed by atoms with E-state index in [1.54, 1.807) is 11.8 Å². The summed E-state index contributed by atoms with van der Waals surface area (Å²) in [7, 11) is 0. The van der Waals surface area contributed by atoms with Crippen molar-refractivity contribution < 1.29 is 19.1 Å². The average molecular weight is 317 g/mol. The Kier molecular flexibility index (Phi) is 6.66. The fourth-order valence-electron chi connectivity index (χ4n) is 2.55. The van der Waals surface area contributed by atoms with E-state index in [1.807, 2.05) is 36.4 Å². The van der Waals surface area contributed by atoms with Crippen molar-refractivity contribution in [2.24, 2.45) is 5.92 Å². The zero-order valence-electron chi connectivity index (χ0n) is 13.4. The number of nitrogens with zero attached hydrogens (tertiary/aromatic N) is 1. The Bertz CT molecular complexity index is 541. The molecule has 0 aliphatic carbocycles. The van der Waals surface area contributed by atoms with Crippen LogP contribution in [0.3, 0.4) is 0 Å². The molecule has 124 valence electrons. The monoisotopic (exact) mass is 317 g/mol. The predicted molar refractivity (Wildman–Crippen MR) is 86.7 cm³/mol. The van der Waals surface area contributed by atoms with Crippen LogP contribution in [0.15, 0.2) is 42.5 Å². The fourth-order valence-corrected chi connectivity index (χ4v) is 2.55. The van der Waals surface area contributed by atoms with Gasteiger partial charge in [-0.15, -0.1) is 0 Å². The second kappa shape index (κ2) is 8.98. The van der Waals surface area contributed by atoms with Crippen LogP contribution in [-0.4, -0.2) is 36.7 Å². The molecule has 0 N–H and O–H groups in total. The molecule has 1 saturated heterocycles. The van der Waals surface area contributed by atoms with Crippen molar-refractivity contribution in [2.45, 2.75) is 26.4 Å². The van der Waals surface area contributed by atoms with Crippen molar-refractivity contribution in [1.29, 1.82) is 0 Å². The summed E-state index contributed by atoms with van der Waals surface area (Å²) in [5.74, 6) is -0.172. The molecule has 1 fully saturated rings. The molecule has 0 saturated carbocycles. The fraction of sp³-hybridized carbons (Fsp3) is 0.444. The Morgan fingerprint density at radius 1 is 1.26 bits per heavy atom. The normalized spacial score (nSPS) is 18.0. The Balaban J connectivity index is 1.80. The zero-order valence-corrected chi connectivity index (χ0v) is 13.4. The van der Waals surface area contributed by atoms with Crippen molar-refractivity contribution in [3.05, 3.63) is 48.0 Å². The lowest BCUT2D eigenvalue weighted by atomic mass is 9.98. The van der Waals surface area contributed by atoms with Crippen molar-refractivity contribution in [3.8, 4) is 0 Å². The molecule has 0 bridgehead atoms. The standard InChI is InChI=1S/C18H23NO4/c1-2-22-17(20)11-10-15-9-6-12-19(13-15)18(21)23-14-16-7-4-3-5-8-16/h3-5,7-8,10-11,15H,2,6,9,12-14H2,1H3/t15-/m0/s1. The summed E-state index contributed by atoms with van der Waals surface area (Å²) in [6, 6.07) is 9.61. The zero-order chi connectivity index (χ0) is 16.5. The minimum Gasteiger partial charge on any atom is -0.463 e. The van der Waals surface area contributed by atoms with Crippen LogP contribution in [0.2, 0.25) is 0 Å². The van der Waals surface area contributed by atoms with Crippen molar-refractivity contribution in [1.82, 2.24) is 4.90 Å². The third kappa shape index (κ3) is 5.77. The van der Waals surface area contributed by atoms with Crippen LogP contribution in [0.5, 0.6) is 0 Å². The van der Waals surface area contributed by atoms with Gasteiger partial charge in [-0.1, -0.05) is 36.4 Å². The maximum Gasteiger partial charge on any atom is 0.410 e. The van der Waals surface area contributed by atoms with Crippen molar-refractivity contribution >= 4 is 12.1 Å². The van der Waals surface area contributed by atoms with Gasteiger partial charge in [0.1, 0.15) is 6.61 Å². The Hall–Kier alpha value is -2.30. The third-order valence-corrected chi connectivity index (χ3v) is 3.71. The van der Waals surface area contributed by atoms with Crippen molar-refractivity contribution in [2.75, 3.05) is 19.7 Å². The number of carbonyl (C=O) groups excluding carboxylic acids is 2. The summed E-state index contributed by atoms with van der Waals surface area (Å²) in [6.07, 6.45) is 4.83. The number of amides is 1. The lowest BCUT2D eigenvalue weighted by Crippen LogP contribution is -2.39. The van der Waals surface area contributed by atoms with Gasteiger partial charge in [-0.25, -0.2) is 9.59 Å². The highest BCUT2D eigenvalue weighted by Gasteiger charge is 2.23. The number of rotatable bonds is 5. The molecule has 0 aromatic heterocycles. The Morgan fingerprint density at radius 3 is 2.78 bits per heavy atom. The first kappa shape index (κ1) is 17.1. The summed E-state index contributed by atoms with van der Waals surface area (Å²) < 4.78 is 10.2. The van der Waals surface area contributed by atoms with E-state index in [9.17, 15) is 9.59 Å². The SMILES string of the molecule is CCOC(=O)C=C[C@@H]1CCCN(C(=O)OCc2ccccc2)C1. The number of likely N-dealkylation sites (tertiary alicyclic amines) is 1. The number of hydrogen-bond donors (Lipinski definition) is 0. The lowest BCUT2D eigenvalue weighted by Gasteiger charge is -2.30. The van der Waals surface area contributed by atoms with Gasteiger partial charge in [-0.2, -0.15) is 0 Å². The number of piperidine rings is 1. The topological polar surface area (TPSA) is 55.8 Å². The van der Waals surface area contributed by atoms with Gasteiger partial charge in [0.25, 0.3) is 0 Å². The van der Waals surface area contributed by atoms with Gasteiger partial charge in [-0.3, -0.25) is 0 Å². The predicted octanol–water partition coefficient (Wildman–Crippen LogP) is 3.15. The smallest absolute Gasteiger partial charge is 0.410 e. The first-order valence-electron chi connectivity index (χ1n) is 7.99. The number of ether oxygens (including phenoxy) is 2. The Labute approximate surface area is 136 Å². The van der Waals surface area contributed by atoms with E-state index in [1.165, 1.54) is 6.08 Å². The van der Waals surface area contributed by atoms with Crippen LogP contribution in [0.4, 0.5) is 4.79 Å². The third-order valence-electron chi connectivity index (χ3n) is 3.71. The molecule has 0 spiro atoms. The van der Waals surface area contributed by atoms with Crippen LogP contribution >= 0.6 is 0 Å².